The van der Waals surface area contributed by atoms with E-state index in [-0.39, 0.29) is 17.9 Å². The van der Waals surface area contributed by atoms with Gasteiger partial charge in [0, 0.05) is 18.3 Å². The monoisotopic (exact) mass is 278 g/mol. The van der Waals surface area contributed by atoms with Gasteiger partial charge in [0.25, 0.3) is 0 Å². The summed E-state index contributed by atoms with van der Waals surface area (Å²) in [6.07, 6.45) is 2.87. The van der Waals surface area contributed by atoms with Crippen LogP contribution in [0.4, 0.5) is 5.69 Å². The van der Waals surface area contributed by atoms with Crippen molar-refractivity contribution in [3.05, 3.63) is 24.3 Å². The molecule has 0 saturated carbocycles. The van der Waals surface area contributed by atoms with Gasteiger partial charge < -0.3 is 15.8 Å². The average Bonchev–Trinajstić information content (AvgIpc) is 2.44. The van der Waals surface area contributed by atoms with Crippen LogP contribution in [-0.4, -0.2) is 18.6 Å². The van der Waals surface area contributed by atoms with E-state index in [1.165, 1.54) is 0 Å². The highest BCUT2D eigenvalue weighted by atomic mass is 16.5. The van der Waals surface area contributed by atoms with Gasteiger partial charge in [-0.25, -0.2) is 0 Å². The first-order valence-corrected chi connectivity index (χ1v) is 7.38. The van der Waals surface area contributed by atoms with Gasteiger partial charge >= 0.3 is 0 Å². The second-order valence-corrected chi connectivity index (χ2v) is 5.08. The first kappa shape index (κ1) is 16.5. The van der Waals surface area contributed by atoms with Crippen molar-refractivity contribution >= 4 is 11.6 Å². The summed E-state index contributed by atoms with van der Waals surface area (Å²) >= 11 is 0. The van der Waals surface area contributed by atoms with Crippen molar-refractivity contribution in [1.82, 2.24) is 0 Å². The molecule has 0 spiro atoms. The second kappa shape index (κ2) is 8.59. The van der Waals surface area contributed by atoms with E-state index in [1.54, 1.807) is 0 Å². The normalized spacial score (nSPS) is 13.6. The molecule has 2 atom stereocenters. The number of hydrogen-bond acceptors (Lipinski definition) is 3. The number of hydrogen-bond donors (Lipinski definition) is 2. The van der Waals surface area contributed by atoms with Crippen molar-refractivity contribution in [2.24, 2.45) is 11.7 Å². The van der Waals surface area contributed by atoms with Gasteiger partial charge in [0.2, 0.25) is 5.91 Å². The fraction of sp³-hybridized carbons (Fsp3) is 0.562. The number of rotatable bonds is 8. The molecule has 20 heavy (non-hydrogen) atoms. The van der Waals surface area contributed by atoms with E-state index < -0.39 is 0 Å². The maximum Gasteiger partial charge on any atom is 0.228 e. The van der Waals surface area contributed by atoms with Crippen LogP contribution in [0.25, 0.3) is 0 Å². The number of carbonyl (C=O) groups is 1. The Kier molecular flexibility index (Phi) is 7.09. The lowest BCUT2D eigenvalue weighted by atomic mass is 10.0. The molecule has 2 unspecified atom stereocenters. The van der Waals surface area contributed by atoms with Crippen LogP contribution < -0.4 is 15.8 Å². The van der Waals surface area contributed by atoms with Crippen molar-refractivity contribution in [2.75, 3.05) is 11.9 Å². The van der Waals surface area contributed by atoms with Gasteiger partial charge in [-0.3, -0.25) is 4.79 Å². The van der Waals surface area contributed by atoms with Crippen LogP contribution in [0.2, 0.25) is 0 Å². The Balaban J connectivity index is 2.67. The SMILES string of the molecule is CCCC(CN)C(=O)Nc1cccc(OC(C)CC)c1. The van der Waals surface area contributed by atoms with E-state index in [1.807, 2.05) is 31.2 Å². The lowest BCUT2D eigenvalue weighted by Gasteiger charge is -2.16. The second-order valence-electron chi connectivity index (χ2n) is 5.08. The van der Waals surface area contributed by atoms with Gasteiger partial charge in [0.05, 0.1) is 12.0 Å². The Morgan fingerprint density at radius 1 is 1.40 bits per heavy atom. The molecule has 1 amide bonds. The lowest BCUT2D eigenvalue weighted by molar-refractivity contribution is -0.119. The maximum atomic E-state index is 12.1. The minimum atomic E-state index is -0.126. The van der Waals surface area contributed by atoms with Crippen molar-refractivity contribution in [3.8, 4) is 5.75 Å². The largest absolute Gasteiger partial charge is 0.491 e. The molecule has 0 saturated heterocycles. The molecule has 0 aliphatic carbocycles. The summed E-state index contributed by atoms with van der Waals surface area (Å²) in [6.45, 7) is 6.53. The van der Waals surface area contributed by atoms with Crippen LogP contribution in [0, 0.1) is 5.92 Å². The molecule has 0 bridgehead atoms. The van der Waals surface area contributed by atoms with Crippen LogP contribution in [0.15, 0.2) is 24.3 Å². The minimum Gasteiger partial charge on any atom is -0.491 e. The van der Waals surface area contributed by atoms with Crippen LogP contribution >= 0.6 is 0 Å². The molecule has 0 aromatic heterocycles. The number of nitrogens with two attached hydrogens (primary N) is 1. The Labute approximate surface area is 121 Å². The third kappa shape index (κ3) is 5.21. The molecular formula is C16H26N2O2. The minimum absolute atomic E-state index is 0.0185. The predicted molar refractivity (Wildman–Crippen MR) is 82.9 cm³/mol. The summed E-state index contributed by atoms with van der Waals surface area (Å²) in [5.74, 6) is 0.631. The zero-order chi connectivity index (χ0) is 15.0. The molecule has 0 heterocycles. The summed E-state index contributed by atoms with van der Waals surface area (Å²) in [6, 6.07) is 7.49. The Morgan fingerprint density at radius 2 is 2.15 bits per heavy atom. The van der Waals surface area contributed by atoms with E-state index in [0.717, 1.165) is 30.7 Å². The topological polar surface area (TPSA) is 64.4 Å². The molecule has 4 nitrogen and oxygen atoms in total. The molecule has 112 valence electrons. The summed E-state index contributed by atoms with van der Waals surface area (Å²) < 4.78 is 5.74. The fourth-order valence-corrected chi connectivity index (χ4v) is 1.91. The Bertz CT molecular complexity index is 421. The zero-order valence-electron chi connectivity index (χ0n) is 12.7. The first-order valence-electron chi connectivity index (χ1n) is 7.38. The third-order valence-electron chi connectivity index (χ3n) is 3.31. The molecule has 3 N–H and O–H groups in total. The smallest absolute Gasteiger partial charge is 0.228 e. The van der Waals surface area contributed by atoms with E-state index in [0.29, 0.717) is 6.54 Å². The van der Waals surface area contributed by atoms with Gasteiger partial charge in [-0.05, 0) is 31.9 Å². The molecule has 0 aliphatic heterocycles. The molecule has 0 fully saturated rings. The summed E-state index contributed by atoms with van der Waals surface area (Å²) in [4.78, 5) is 12.1. The average molecular weight is 278 g/mol. The quantitative estimate of drug-likeness (QED) is 0.767. The van der Waals surface area contributed by atoms with Crippen LogP contribution in [-0.2, 0) is 4.79 Å². The maximum absolute atomic E-state index is 12.1. The molecule has 1 rings (SSSR count). The fourth-order valence-electron chi connectivity index (χ4n) is 1.91. The number of ether oxygens (including phenoxy) is 1. The lowest BCUT2D eigenvalue weighted by Crippen LogP contribution is -2.29. The third-order valence-corrected chi connectivity index (χ3v) is 3.31. The summed E-state index contributed by atoms with van der Waals surface area (Å²) in [5, 5.41) is 2.91. The number of benzene rings is 1. The number of amides is 1. The molecule has 4 heteroatoms. The number of nitrogens with one attached hydrogen (secondary N) is 1. The molecule has 1 aromatic carbocycles. The van der Waals surface area contributed by atoms with Gasteiger partial charge in [-0.15, -0.1) is 0 Å². The number of carbonyl (C=O) groups excluding carboxylic acids is 1. The van der Waals surface area contributed by atoms with Crippen LogP contribution in [0.5, 0.6) is 5.75 Å². The highest BCUT2D eigenvalue weighted by Crippen LogP contribution is 2.20. The summed E-state index contributed by atoms with van der Waals surface area (Å²) in [5.41, 5.74) is 6.40. The highest BCUT2D eigenvalue weighted by molar-refractivity contribution is 5.92. The predicted octanol–water partition coefficient (Wildman–Crippen LogP) is 3.18. The van der Waals surface area contributed by atoms with Crippen molar-refractivity contribution in [1.29, 1.82) is 0 Å². The molecule has 0 radical (unpaired) electrons. The Morgan fingerprint density at radius 3 is 2.75 bits per heavy atom. The number of anilines is 1. The van der Waals surface area contributed by atoms with Crippen LogP contribution in [0.1, 0.15) is 40.0 Å². The van der Waals surface area contributed by atoms with E-state index in [2.05, 4.69) is 19.2 Å². The van der Waals surface area contributed by atoms with Gasteiger partial charge in [0.1, 0.15) is 5.75 Å². The first-order chi connectivity index (χ1) is 9.60. The van der Waals surface area contributed by atoms with E-state index in [9.17, 15) is 4.79 Å². The van der Waals surface area contributed by atoms with Gasteiger partial charge in [-0.1, -0.05) is 26.3 Å². The van der Waals surface area contributed by atoms with Crippen molar-refractivity contribution < 1.29 is 9.53 Å². The van der Waals surface area contributed by atoms with Crippen molar-refractivity contribution in [3.63, 3.8) is 0 Å². The van der Waals surface area contributed by atoms with E-state index in [4.69, 9.17) is 10.5 Å². The zero-order valence-corrected chi connectivity index (χ0v) is 12.7. The Hall–Kier alpha value is -1.55. The summed E-state index contributed by atoms with van der Waals surface area (Å²) in [7, 11) is 0. The molecular weight excluding hydrogens is 252 g/mol. The molecule has 0 aliphatic rings. The van der Waals surface area contributed by atoms with Crippen molar-refractivity contribution in [2.45, 2.75) is 46.1 Å². The molecule has 1 aromatic rings. The van der Waals surface area contributed by atoms with Gasteiger partial charge in [-0.2, -0.15) is 0 Å². The van der Waals surface area contributed by atoms with E-state index >= 15 is 0 Å². The van der Waals surface area contributed by atoms with Crippen LogP contribution in [0.3, 0.4) is 0 Å². The highest BCUT2D eigenvalue weighted by Gasteiger charge is 2.15. The standard InChI is InChI=1S/C16H26N2O2/c1-4-7-13(11-17)16(19)18-14-8-6-9-15(10-14)20-12(3)5-2/h6,8-10,12-13H,4-5,7,11,17H2,1-3H3,(H,18,19). The van der Waals surface area contributed by atoms with Gasteiger partial charge in [0.15, 0.2) is 0 Å².